The topological polar surface area (TPSA) is 64.9 Å². The quantitative estimate of drug-likeness (QED) is 0.695. The smallest absolute Gasteiger partial charge is 0.226 e. The first-order valence-corrected chi connectivity index (χ1v) is 5.05. The maximum absolute atomic E-state index is 5.35. The molecule has 0 aliphatic heterocycles. The minimum atomic E-state index is 0.629. The maximum atomic E-state index is 5.35. The minimum Gasteiger partial charge on any atom is -0.425 e. The summed E-state index contributed by atoms with van der Waals surface area (Å²) >= 11 is 1.77. The van der Waals surface area contributed by atoms with Gasteiger partial charge in [0, 0.05) is 6.92 Å². The van der Waals surface area contributed by atoms with Crippen molar-refractivity contribution in [3.8, 4) is 0 Å². The van der Waals surface area contributed by atoms with E-state index in [4.69, 9.17) is 10.2 Å². The lowest BCUT2D eigenvalue weighted by Crippen LogP contribution is -1.99. The first-order valence-electron chi connectivity index (χ1n) is 3.89. The Morgan fingerprint density at radius 3 is 2.92 bits per heavy atom. The molecule has 0 fully saturated rings. The van der Waals surface area contributed by atoms with Crippen LogP contribution in [-0.2, 0) is 5.75 Å². The summed E-state index contributed by atoms with van der Waals surface area (Å²) in [6.07, 6.45) is 1.04. The predicted octanol–water partition coefficient (Wildman–Crippen LogP) is 0.960. The monoisotopic (exact) mass is 187 g/mol. The summed E-state index contributed by atoms with van der Waals surface area (Å²) in [4.78, 5) is 0. The molecule has 1 aromatic heterocycles. The molecule has 5 heteroatoms. The number of hydrogen-bond acceptors (Lipinski definition) is 5. The molecule has 0 aromatic carbocycles. The van der Waals surface area contributed by atoms with Crippen LogP contribution in [0.15, 0.2) is 4.42 Å². The summed E-state index contributed by atoms with van der Waals surface area (Å²) in [5.41, 5.74) is 5.35. The standard InChI is InChI=1S/C7H13N3OS/c1-6-9-10-7(11-6)5-12-4-2-3-8/h2-5,8H2,1H3. The Morgan fingerprint density at radius 1 is 1.50 bits per heavy atom. The molecule has 0 spiro atoms. The minimum absolute atomic E-state index is 0.629. The zero-order valence-electron chi connectivity index (χ0n) is 7.12. The van der Waals surface area contributed by atoms with Crippen LogP contribution in [0.25, 0.3) is 0 Å². The van der Waals surface area contributed by atoms with Gasteiger partial charge in [0.1, 0.15) is 0 Å². The third-order valence-corrected chi connectivity index (χ3v) is 2.31. The van der Waals surface area contributed by atoms with Gasteiger partial charge in [-0.05, 0) is 18.7 Å². The van der Waals surface area contributed by atoms with E-state index in [2.05, 4.69) is 10.2 Å². The summed E-state index contributed by atoms with van der Waals surface area (Å²) in [6.45, 7) is 2.54. The van der Waals surface area contributed by atoms with Crippen LogP contribution in [0.2, 0.25) is 0 Å². The Hall–Kier alpha value is -0.550. The van der Waals surface area contributed by atoms with E-state index in [9.17, 15) is 0 Å². The fourth-order valence-corrected chi connectivity index (χ4v) is 1.55. The molecule has 0 saturated heterocycles. The molecule has 0 atom stereocenters. The summed E-state index contributed by atoms with van der Waals surface area (Å²) in [5, 5.41) is 7.61. The molecule has 0 unspecified atom stereocenters. The highest BCUT2D eigenvalue weighted by molar-refractivity contribution is 7.98. The Labute approximate surface area is 75.9 Å². The highest BCUT2D eigenvalue weighted by atomic mass is 32.2. The second-order valence-corrected chi connectivity index (χ2v) is 3.51. The van der Waals surface area contributed by atoms with Gasteiger partial charge in [0.05, 0.1) is 5.75 Å². The summed E-state index contributed by atoms with van der Waals surface area (Å²) in [7, 11) is 0. The van der Waals surface area contributed by atoms with E-state index in [1.165, 1.54) is 0 Å². The molecule has 0 radical (unpaired) electrons. The molecule has 0 amide bonds. The molecule has 0 aliphatic rings. The highest BCUT2D eigenvalue weighted by Gasteiger charge is 2.00. The van der Waals surface area contributed by atoms with Gasteiger partial charge in [0.25, 0.3) is 0 Å². The van der Waals surface area contributed by atoms with Crippen LogP contribution in [0.5, 0.6) is 0 Å². The SMILES string of the molecule is Cc1nnc(CSCCCN)o1. The van der Waals surface area contributed by atoms with Crippen LogP contribution in [0.4, 0.5) is 0 Å². The molecule has 68 valence electrons. The molecular formula is C7H13N3OS. The second kappa shape index (κ2) is 5.16. The van der Waals surface area contributed by atoms with Gasteiger partial charge < -0.3 is 10.2 Å². The number of aromatic nitrogens is 2. The van der Waals surface area contributed by atoms with Gasteiger partial charge in [0.15, 0.2) is 0 Å². The second-order valence-electron chi connectivity index (χ2n) is 2.41. The molecule has 0 aliphatic carbocycles. The zero-order chi connectivity index (χ0) is 8.81. The number of rotatable bonds is 5. The Kier molecular flexibility index (Phi) is 4.10. The van der Waals surface area contributed by atoms with Crippen LogP contribution in [0.1, 0.15) is 18.2 Å². The fourth-order valence-electron chi connectivity index (χ4n) is 0.741. The van der Waals surface area contributed by atoms with E-state index in [0.29, 0.717) is 11.8 Å². The Bertz CT molecular complexity index is 226. The highest BCUT2D eigenvalue weighted by Crippen LogP contribution is 2.10. The first kappa shape index (κ1) is 9.54. The van der Waals surface area contributed by atoms with E-state index in [-0.39, 0.29) is 0 Å². The maximum Gasteiger partial charge on any atom is 0.226 e. The molecule has 1 heterocycles. The predicted molar refractivity (Wildman–Crippen MR) is 48.9 cm³/mol. The van der Waals surface area contributed by atoms with Crippen molar-refractivity contribution >= 4 is 11.8 Å². The van der Waals surface area contributed by atoms with E-state index in [0.717, 1.165) is 24.5 Å². The molecule has 1 rings (SSSR count). The van der Waals surface area contributed by atoms with Crippen LogP contribution < -0.4 is 5.73 Å². The zero-order valence-corrected chi connectivity index (χ0v) is 7.93. The Morgan fingerprint density at radius 2 is 2.33 bits per heavy atom. The average molecular weight is 187 g/mol. The molecule has 0 saturated carbocycles. The van der Waals surface area contributed by atoms with Crippen molar-refractivity contribution in [3.63, 3.8) is 0 Å². The summed E-state index contributed by atoms with van der Waals surface area (Å²) in [6, 6.07) is 0. The average Bonchev–Trinajstić information content (AvgIpc) is 2.45. The van der Waals surface area contributed by atoms with Crippen LogP contribution >= 0.6 is 11.8 Å². The first-order chi connectivity index (χ1) is 5.83. The largest absolute Gasteiger partial charge is 0.425 e. The van der Waals surface area contributed by atoms with Crippen LogP contribution in [0, 0.1) is 6.92 Å². The van der Waals surface area contributed by atoms with Crippen molar-refractivity contribution in [3.05, 3.63) is 11.8 Å². The van der Waals surface area contributed by atoms with Crippen molar-refractivity contribution < 1.29 is 4.42 Å². The molecule has 0 bridgehead atoms. The van der Waals surface area contributed by atoms with E-state index >= 15 is 0 Å². The lowest BCUT2D eigenvalue weighted by atomic mass is 10.5. The number of thioether (sulfide) groups is 1. The van der Waals surface area contributed by atoms with Gasteiger partial charge >= 0.3 is 0 Å². The molecule has 2 N–H and O–H groups in total. The fraction of sp³-hybridized carbons (Fsp3) is 0.714. The van der Waals surface area contributed by atoms with Gasteiger partial charge in [0.2, 0.25) is 11.8 Å². The van der Waals surface area contributed by atoms with Gasteiger partial charge in [-0.25, -0.2) is 0 Å². The lowest BCUT2D eigenvalue weighted by molar-refractivity contribution is 0.485. The number of nitrogens with zero attached hydrogens (tertiary/aromatic N) is 2. The molecular weight excluding hydrogens is 174 g/mol. The van der Waals surface area contributed by atoms with Crippen LogP contribution in [-0.4, -0.2) is 22.5 Å². The Balaban J connectivity index is 2.15. The molecule has 12 heavy (non-hydrogen) atoms. The van der Waals surface area contributed by atoms with E-state index in [1.54, 1.807) is 18.7 Å². The lowest BCUT2D eigenvalue weighted by Gasteiger charge is -1.94. The number of nitrogens with two attached hydrogens (primary N) is 1. The van der Waals surface area contributed by atoms with Crippen molar-refractivity contribution in [1.82, 2.24) is 10.2 Å². The molecule has 1 aromatic rings. The number of hydrogen-bond donors (Lipinski definition) is 1. The summed E-state index contributed by atoms with van der Waals surface area (Å²) in [5.74, 6) is 3.18. The van der Waals surface area contributed by atoms with Gasteiger partial charge in [-0.15, -0.1) is 10.2 Å². The van der Waals surface area contributed by atoms with Crippen molar-refractivity contribution in [2.24, 2.45) is 5.73 Å². The van der Waals surface area contributed by atoms with Gasteiger partial charge in [-0.3, -0.25) is 0 Å². The van der Waals surface area contributed by atoms with E-state index < -0.39 is 0 Å². The normalized spacial score (nSPS) is 10.5. The van der Waals surface area contributed by atoms with Gasteiger partial charge in [-0.1, -0.05) is 0 Å². The van der Waals surface area contributed by atoms with Crippen molar-refractivity contribution in [1.29, 1.82) is 0 Å². The molecule has 4 nitrogen and oxygen atoms in total. The van der Waals surface area contributed by atoms with Crippen LogP contribution in [0.3, 0.4) is 0 Å². The van der Waals surface area contributed by atoms with Gasteiger partial charge in [-0.2, -0.15) is 11.8 Å². The summed E-state index contributed by atoms with van der Waals surface area (Å²) < 4.78 is 5.19. The third kappa shape index (κ3) is 3.23. The van der Waals surface area contributed by atoms with Crippen molar-refractivity contribution in [2.45, 2.75) is 19.1 Å². The third-order valence-electron chi connectivity index (χ3n) is 1.29. The number of aryl methyl sites for hydroxylation is 1. The van der Waals surface area contributed by atoms with Crippen molar-refractivity contribution in [2.75, 3.05) is 12.3 Å². The van der Waals surface area contributed by atoms with E-state index in [1.807, 2.05) is 0 Å².